The van der Waals surface area contributed by atoms with Gasteiger partial charge in [0.2, 0.25) is 0 Å². The van der Waals surface area contributed by atoms with Crippen molar-refractivity contribution in [3.05, 3.63) is 79.7 Å². The molecule has 1 saturated heterocycles. The average molecular weight is 660 g/mol. The zero-order valence-electron chi connectivity index (χ0n) is 30.6. The number of rotatable bonds is 17. The van der Waals surface area contributed by atoms with Gasteiger partial charge < -0.3 is 13.9 Å². The number of H-pyrrole nitrogens is 1. The van der Waals surface area contributed by atoms with Crippen LogP contribution in [0.5, 0.6) is 0 Å². The Kier molecular flexibility index (Phi) is 15.8. The summed E-state index contributed by atoms with van der Waals surface area (Å²) in [6, 6.07) is 1.31. The summed E-state index contributed by atoms with van der Waals surface area (Å²) in [5, 5.41) is 1.90. The van der Waals surface area contributed by atoms with E-state index in [2.05, 4.69) is 105 Å². The highest BCUT2D eigenvalue weighted by Gasteiger charge is 2.51. The molecule has 9 nitrogen and oxygen atoms in total. The lowest BCUT2D eigenvalue weighted by atomic mass is 10.1. The van der Waals surface area contributed by atoms with Crippen LogP contribution in [0.2, 0.25) is 18.1 Å². The van der Waals surface area contributed by atoms with Crippen molar-refractivity contribution in [3.8, 4) is 0 Å². The van der Waals surface area contributed by atoms with Gasteiger partial charge in [-0.15, -0.1) is 0 Å². The Labute approximate surface area is 278 Å². The van der Waals surface area contributed by atoms with Crippen molar-refractivity contribution in [2.24, 2.45) is 0 Å². The first-order valence-corrected chi connectivity index (χ1v) is 19.5. The first-order valence-electron chi connectivity index (χ1n) is 16.6. The maximum atomic E-state index is 12.8. The molecule has 2 unspecified atom stereocenters. The van der Waals surface area contributed by atoms with Crippen molar-refractivity contribution in [2.75, 3.05) is 26.8 Å². The van der Waals surface area contributed by atoms with Crippen LogP contribution in [-0.4, -0.2) is 68.0 Å². The van der Waals surface area contributed by atoms with E-state index < -0.39 is 44.1 Å². The van der Waals surface area contributed by atoms with Crippen LogP contribution in [0.3, 0.4) is 0 Å². The van der Waals surface area contributed by atoms with Crippen LogP contribution in [0.4, 0.5) is 0 Å². The molecule has 0 amide bonds. The normalized spacial score (nSPS) is 21.2. The molecule has 46 heavy (non-hydrogen) atoms. The predicted octanol–water partition coefficient (Wildman–Crippen LogP) is 7.46. The van der Waals surface area contributed by atoms with Gasteiger partial charge in [0.15, 0.2) is 14.5 Å². The molecule has 1 aliphatic heterocycles. The molecule has 0 bridgehead atoms. The second-order valence-corrected chi connectivity index (χ2v) is 19.3. The fraction of sp³-hybridized carbons (Fsp3) is 0.667. The highest BCUT2D eigenvalue weighted by Crippen LogP contribution is 2.42. The van der Waals surface area contributed by atoms with Gasteiger partial charge in [0.05, 0.1) is 6.61 Å². The molecule has 0 radical (unpaired) electrons. The quantitative estimate of drug-likeness (QED) is 0.105. The van der Waals surface area contributed by atoms with Crippen molar-refractivity contribution >= 4 is 8.32 Å². The average Bonchev–Trinajstić information content (AvgIpc) is 3.27. The van der Waals surface area contributed by atoms with Crippen LogP contribution < -0.4 is 11.2 Å². The number of ether oxygens (including phenoxy) is 2. The minimum Gasteiger partial charge on any atom is -0.408 e. The highest BCUT2D eigenvalue weighted by atomic mass is 28.4. The molecule has 1 aromatic heterocycles. The second-order valence-electron chi connectivity index (χ2n) is 14.5. The van der Waals surface area contributed by atoms with Crippen molar-refractivity contribution in [1.82, 2.24) is 14.6 Å². The summed E-state index contributed by atoms with van der Waals surface area (Å²) in [5.41, 5.74) is 4.25. The molecule has 1 N–H and O–H groups in total. The lowest BCUT2D eigenvalue weighted by Crippen LogP contribution is -2.50. The van der Waals surface area contributed by atoms with E-state index in [-0.39, 0.29) is 11.6 Å². The summed E-state index contributed by atoms with van der Waals surface area (Å²) in [6.07, 6.45) is 12.1. The van der Waals surface area contributed by atoms with Crippen LogP contribution in [0.15, 0.2) is 68.4 Å². The van der Waals surface area contributed by atoms with Gasteiger partial charge in [-0.05, 0) is 85.4 Å². The van der Waals surface area contributed by atoms with E-state index in [0.717, 1.165) is 25.7 Å². The monoisotopic (exact) mass is 659 g/mol. The summed E-state index contributed by atoms with van der Waals surface area (Å²) in [6.45, 7) is 25.2. The number of hydroxylamine groups is 2. The molecule has 1 aliphatic rings. The number of nitrogens with zero attached hydrogens (tertiary/aromatic N) is 2. The van der Waals surface area contributed by atoms with E-state index in [4.69, 9.17) is 18.7 Å². The number of allylic oxidation sites excluding steroid dienone is 6. The molecule has 4 atom stereocenters. The predicted molar refractivity (Wildman–Crippen MR) is 190 cm³/mol. The van der Waals surface area contributed by atoms with E-state index in [1.54, 1.807) is 7.11 Å². The summed E-state index contributed by atoms with van der Waals surface area (Å²) in [5.74, 6) is 0. The molecule has 10 heteroatoms. The third kappa shape index (κ3) is 12.7. The maximum absolute atomic E-state index is 12.8. The number of hydrogen-bond acceptors (Lipinski definition) is 7. The van der Waals surface area contributed by atoms with Crippen molar-refractivity contribution in [1.29, 1.82) is 0 Å². The number of methoxy groups -OCH3 is 1. The molecule has 1 fully saturated rings. The first kappa shape index (κ1) is 39.8. The van der Waals surface area contributed by atoms with Gasteiger partial charge in [0.1, 0.15) is 18.3 Å². The molecular formula is C36H61N3O6Si. The summed E-state index contributed by atoms with van der Waals surface area (Å²) in [4.78, 5) is 33.5. The summed E-state index contributed by atoms with van der Waals surface area (Å²) >= 11 is 0. The van der Waals surface area contributed by atoms with Gasteiger partial charge in [-0.2, -0.15) is 5.06 Å². The van der Waals surface area contributed by atoms with E-state index in [9.17, 15) is 9.59 Å². The van der Waals surface area contributed by atoms with Gasteiger partial charge in [-0.25, -0.2) is 4.79 Å². The van der Waals surface area contributed by atoms with Gasteiger partial charge in [-0.3, -0.25) is 19.2 Å². The third-order valence-electron chi connectivity index (χ3n) is 8.81. The Bertz CT molecular complexity index is 1300. The topological polar surface area (TPSA) is 95.0 Å². The lowest BCUT2D eigenvalue weighted by molar-refractivity contribution is -0.181. The Balaban J connectivity index is 2.36. The van der Waals surface area contributed by atoms with Crippen molar-refractivity contribution in [2.45, 2.75) is 131 Å². The van der Waals surface area contributed by atoms with E-state index in [1.165, 1.54) is 39.1 Å². The van der Waals surface area contributed by atoms with Crippen LogP contribution in [0.1, 0.15) is 94.2 Å². The Hall–Kier alpha value is -2.34. The molecule has 0 spiro atoms. The van der Waals surface area contributed by atoms with Crippen molar-refractivity contribution < 1.29 is 18.7 Å². The zero-order chi connectivity index (χ0) is 34.7. The molecular weight excluding hydrogens is 598 g/mol. The molecule has 2 heterocycles. The van der Waals surface area contributed by atoms with Crippen LogP contribution >= 0.6 is 0 Å². The maximum Gasteiger partial charge on any atom is 0.330 e. The molecule has 260 valence electrons. The largest absolute Gasteiger partial charge is 0.408 e. The minimum atomic E-state index is -2.28. The third-order valence-corrected chi connectivity index (χ3v) is 13.3. The number of hydrogen-bond donors (Lipinski definition) is 1. The first-order chi connectivity index (χ1) is 21.4. The van der Waals surface area contributed by atoms with Gasteiger partial charge in [-0.1, -0.05) is 67.4 Å². The molecule has 1 aromatic rings. The standard InChI is InChI=1S/C36H61N3O6Si/c1-26(2)15-13-17-28(5)19-22-38(23-20-29(6)18-14-16-27(3)4)43-25-30-32(45-46(11,12)36(7,8)9)33(42-10)34(44-30)39-24-21-31(40)37-35(39)41/h15-16,19-21,24,30,32-34H,13-14,17-18,22-23,25H2,1-12H3,(H,37,40,41)/b28-19+,29-20+/t30-,32?,33?,34-/m1/s1. The molecule has 0 saturated carbocycles. The van der Waals surface area contributed by atoms with Crippen LogP contribution in [0.25, 0.3) is 0 Å². The molecule has 0 aliphatic carbocycles. The van der Waals surface area contributed by atoms with Crippen LogP contribution in [0, 0.1) is 0 Å². The summed E-state index contributed by atoms with van der Waals surface area (Å²) in [7, 11) is -0.686. The van der Waals surface area contributed by atoms with E-state index in [0.29, 0.717) is 13.1 Å². The molecule has 0 aromatic carbocycles. The number of nitrogens with one attached hydrogen (secondary N) is 1. The Morgan fingerprint density at radius 1 is 0.935 bits per heavy atom. The van der Waals surface area contributed by atoms with Crippen molar-refractivity contribution in [3.63, 3.8) is 0 Å². The number of aromatic nitrogens is 2. The fourth-order valence-electron chi connectivity index (χ4n) is 4.86. The lowest BCUT2D eigenvalue weighted by Gasteiger charge is -2.40. The van der Waals surface area contributed by atoms with E-state index in [1.807, 2.05) is 5.06 Å². The fourth-order valence-corrected chi connectivity index (χ4v) is 6.18. The minimum absolute atomic E-state index is 0.0582. The highest BCUT2D eigenvalue weighted by molar-refractivity contribution is 6.74. The van der Waals surface area contributed by atoms with E-state index >= 15 is 0 Å². The SMILES string of the molecule is COC1C(O[Si](C)(C)C(C)(C)C)[C@@H](CON(C/C=C(\C)CCC=C(C)C)C/C=C(\C)CCC=C(C)C)O[C@H]1n1ccc(=O)[nH]c1=O. The van der Waals surface area contributed by atoms with Gasteiger partial charge in [0, 0.05) is 32.5 Å². The van der Waals surface area contributed by atoms with Crippen LogP contribution in [-0.2, 0) is 18.7 Å². The smallest absolute Gasteiger partial charge is 0.330 e. The number of aromatic amines is 1. The van der Waals surface area contributed by atoms with Gasteiger partial charge >= 0.3 is 5.69 Å². The van der Waals surface area contributed by atoms with Gasteiger partial charge in [0.25, 0.3) is 5.56 Å². The Morgan fingerprint density at radius 2 is 1.48 bits per heavy atom. The second kappa shape index (κ2) is 18.3. The zero-order valence-corrected chi connectivity index (χ0v) is 31.6. The molecule has 2 rings (SSSR count). The summed E-state index contributed by atoms with van der Waals surface area (Å²) < 4.78 is 20.8. The Morgan fingerprint density at radius 3 is 1.93 bits per heavy atom.